The van der Waals surface area contributed by atoms with Crippen LogP contribution in [0.1, 0.15) is 30.0 Å². The summed E-state index contributed by atoms with van der Waals surface area (Å²) in [6.45, 7) is 2.94. The molecule has 2 aromatic carbocycles. The van der Waals surface area contributed by atoms with E-state index in [9.17, 15) is 23.6 Å². The number of piperidine rings is 1. The molecule has 35 heavy (non-hydrogen) atoms. The Morgan fingerprint density at radius 1 is 1.09 bits per heavy atom. The van der Waals surface area contributed by atoms with Gasteiger partial charge in [0.05, 0.1) is 17.3 Å². The number of imide groups is 1. The van der Waals surface area contributed by atoms with Crippen LogP contribution in [0.15, 0.2) is 42.5 Å². The Balaban J connectivity index is 1.13. The first-order chi connectivity index (χ1) is 16.9. The number of halogens is 2. The van der Waals surface area contributed by atoms with Gasteiger partial charge in [-0.25, -0.2) is 23.3 Å². The van der Waals surface area contributed by atoms with Crippen molar-refractivity contribution in [3.63, 3.8) is 0 Å². The van der Waals surface area contributed by atoms with Crippen LogP contribution in [0.5, 0.6) is 0 Å². The van der Waals surface area contributed by atoms with E-state index in [0.29, 0.717) is 30.3 Å². The Kier molecular flexibility index (Phi) is 6.26. The molecule has 0 saturated carbocycles. The number of urea groups is 1. The van der Waals surface area contributed by atoms with Crippen molar-refractivity contribution >= 4 is 17.8 Å². The van der Waals surface area contributed by atoms with Crippen molar-refractivity contribution in [2.24, 2.45) is 0 Å². The molecule has 1 atom stereocenters. The second-order valence-electron chi connectivity index (χ2n) is 9.08. The lowest BCUT2D eigenvalue weighted by atomic mass is 9.96. The normalized spacial score (nSPS) is 21.4. The van der Waals surface area contributed by atoms with Gasteiger partial charge in [0.25, 0.3) is 0 Å². The fraction of sp³-hybridized carbons (Fsp3) is 0.400. The van der Waals surface area contributed by atoms with E-state index in [1.165, 1.54) is 6.07 Å². The standard InChI is InChI=1S/C25H25F2N5O3/c26-20-6-5-16(11-21(20)27)23-15-35-25(34)32(23)24(33)29-18-13-31(14-18)19-7-9-30(10-8-19)22-4-2-1-3-17(22)12-28/h1-6,11,18-19,23H,7-10,13-15H2,(H,29,33)/t23-/m1/s1. The maximum atomic E-state index is 13.7. The minimum absolute atomic E-state index is 0.110. The van der Waals surface area contributed by atoms with Crippen molar-refractivity contribution in [3.8, 4) is 6.07 Å². The average molecular weight is 482 g/mol. The maximum Gasteiger partial charge on any atom is 0.418 e. The fourth-order valence-electron chi connectivity index (χ4n) is 5.07. The molecule has 3 heterocycles. The summed E-state index contributed by atoms with van der Waals surface area (Å²) in [5, 5.41) is 12.2. The summed E-state index contributed by atoms with van der Waals surface area (Å²) in [7, 11) is 0. The molecule has 3 fully saturated rings. The van der Waals surface area contributed by atoms with Gasteiger partial charge in [-0.2, -0.15) is 5.26 Å². The molecule has 3 aliphatic rings. The third-order valence-corrected chi connectivity index (χ3v) is 7.00. The monoisotopic (exact) mass is 481 g/mol. The SMILES string of the molecule is N#Cc1ccccc1N1CCC(N2CC(NC(=O)N3C(=O)OC[C@@H]3c3ccc(F)c(F)c3)C2)CC1. The van der Waals surface area contributed by atoms with E-state index in [0.717, 1.165) is 48.7 Å². The Morgan fingerprint density at radius 2 is 1.83 bits per heavy atom. The van der Waals surface area contributed by atoms with Gasteiger partial charge in [0.2, 0.25) is 0 Å². The highest BCUT2D eigenvalue weighted by Gasteiger charge is 2.42. The zero-order valence-electron chi connectivity index (χ0n) is 19.0. The molecule has 0 aromatic heterocycles. The number of amides is 3. The maximum absolute atomic E-state index is 13.7. The minimum atomic E-state index is -1.04. The number of rotatable bonds is 4. The third kappa shape index (κ3) is 4.51. The van der Waals surface area contributed by atoms with Crippen LogP contribution in [0.3, 0.4) is 0 Å². The summed E-state index contributed by atoms with van der Waals surface area (Å²) in [5.41, 5.74) is 1.94. The van der Waals surface area contributed by atoms with E-state index in [4.69, 9.17) is 4.74 Å². The first-order valence-electron chi connectivity index (χ1n) is 11.6. The summed E-state index contributed by atoms with van der Waals surface area (Å²) < 4.78 is 32.0. The second kappa shape index (κ2) is 9.50. The van der Waals surface area contributed by atoms with Crippen LogP contribution in [0.4, 0.5) is 24.1 Å². The first kappa shape index (κ1) is 23.1. The van der Waals surface area contributed by atoms with Crippen molar-refractivity contribution in [2.45, 2.75) is 31.0 Å². The van der Waals surface area contributed by atoms with Crippen LogP contribution in [0.25, 0.3) is 0 Å². The van der Waals surface area contributed by atoms with Crippen molar-refractivity contribution in [3.05, 3.63) is 65.2 Å². The number of carbonyl (C=O) groups is 2. The quantitative estimate of drug-likeness (QED) is 0.720. The molecule has 10 heteroatoms. The van der Waals surface area contributed by atoms with Gasteiger partial charge in [0.15, 0.2) is 11.6 Å². The van der Waals surface area contributed by atoms with Crippen molar-refractivity contribution in [1.82, 2.24) is 15.1 Å². The predicted octanol–water partition coefficient (Wildman–Crippen LogP) is 3.39. The van der Waals surface area contributed by atoms with Crippen LogP contribution in [0, 0.1) is 23.0 Å². The van der Waals surface area contributed by atoms with Gasteiger partial charge >= 0.3 is 12.1 Å². The number of nitriles is 1. The van der Waals surface area contributed by atoms with Crippen LogP contribution in [-0.2, 0) is 4.74 Å². The molecule has 0 bridgehead atoms. The molecule has 1 N–H and O–H groups in total. The molecule has 182 valence electrons. The zero-order chi connectivity index (χ0) is 24.5. The predicted molar refractivity (Wildman–Crippen MR) is 123 cm³/mol. The number of anilines is 1. The Morgan fingerprint density at radius 3 is 2.54 bits per heavy atom. The van der Waals surface area contributed by atoms with E-state index in [1.54, 1.807) is 0 Å². The van der Waals surface area contributed by atoms with Gasteiger partial charge in [-0.05, 0) is 42.7 Å². The molecule has 2 aromatic rings. The van der Waals surface area contributed by atoms with E-state index in [1.807, 2.05) is 24.3 Å². The summed E-state index contributed by atoms with van der Waals surface area (Å²) in [5.74, 6) is -2.04. The van der Waals surface area contributed by atoms with E-state index in [-0.39, 0.29) is 12.6 Å². The highest BCUT2D eigenvalue weighted by atomic mass is 19.2. The number of nitrogens with zero attached hydrogens (tertiary/aromatic N) is 4. The Bertz CT molecular complexity index is 1170. The molecule has 0 unspecified atom stereocenters. The number of likely N-dealkylation sites (tertiary alicyclic amines) is 1. The lowest BCUT2D eigenvalue weighted by molar-refractivity contribution is 0.0640. The number of ether oxygens (including phenoxy) is 1. The molecule has 5 rings (SSSR count). The summed E-state index contributed by atoms with van der Waals surface area (Å²) >= 11 is 0. The number of hydrogen-bond donors (Lipinski definition) is 1. The zero-order valence-corrected chi connectivity index (χ0v) is 19.0. The number of cyclic esters (lactones) is 1. The Hall–Kier alpha value is -3.71. The number of para-hydroxylation sites is 1. The fourth-order valence-corrected chi connectivity index (χ4v) is 5.07. The van der Waals surface area contributed by atoms with Gasteiger partial charge < -0.3 is 15.0 Å². The number of benzene rings is 2. The molecular weight excluding hydrogens is 456 g/mol. The van der Waals surface area contributed by atoms with Gasteiger partial charge in [-0.3, -0.25) is 4.90 Å². The topological polar surface area (TPSA) is 88.9 Å². The highest BCUT2D eigenvalue weighted by molar-refractivity contribution is 5.93. The molecular formula is C25H25F2N5O3. The lowest BCUT2D eigenvalue weighted by Gasteiger charge is -2.47. The van der Waals surface area contributed by atoms with Gasteiger partial charge in [0.1, 0.15) is 18.7 Å². The number of hydrogen-bond acceptors (Lipinski definition) is 6. The van der Waals surface area contributed by atoms with Crippen LogP contribution >= 0.6 is 0 Å². The molecule has 0 aliphatic carbocycles. The number of nitrogens with one attached hydrogen (secondary N) is 1. The molecule has 0 spiro atoms. The molecule has 8 nitrogen and oxygen atoms in total. The summed E-state index contributed by atoms with van der Waals surface area (Å²) in [4.78, 5) is 30.5. The lowest BCUT2D eigenvalue weighted by Crippen LogP contribution is -2.64. The molecule has 0 radical (unpaired) electrons. The smallest absolute Gasteiger partial charge is 0.418 e. The average Bonchev–Trinajstić information content (AvgIpc) is 3.24. The van der Waals surface area contributed by atoms with Crippen molar-refractivity contribution < 1.29 is 23.1 Å². The van der Waals surface area contributed by atoms with Gasteiger partial charge in [-0.15, -0.1) is 0 Å². The molecule has 3 aliphatic heterocycles. The second-order valence-corrected chi connectivity index (χ2v) is 9.08. The summed E-state index contributed by atoms with van der Waals surface area (Å²) in [6, 6.07) is 12.0. The van der Waals surface area contributed by atoms with Crippen LogP contribution in [-0.4, -0.2) is 66.8 Å². The van der Waals surface area contributed by atoms with Gasteiger partial charge in [-0.1, -0.05) is 18.2 Å². The molecule has 3 amide bonds. The van der Waals surface area contributed by atoms with E-state index >= 15 is 0 Å². The van der Waals surface area contributed by atoms with Gasteiger partial charge in [0, 0.05) is 32.2 Å². The Labute approximate surface area is 201 Å². The number of carbonyl (C=O) groups excluding carboxylic acids is 2. The third-order valence-electron chi connectivity index (χ3n) is 7.00. The molecule has 3 saturated heterocycles. The largest absolute Gasteiger partial charge is 0.446 e. The first-order valence-corrected chi connectivity index (χ1v) is 11.6. The minimum Gasteiger partial charge on any atom is -0.446 e. The van der Waals surface area contributed by atoms with Crippen molar-refractivity contribution in [1.29, 1.82) is 5.26 Å². The van der Waals surface area contributed by atoms with E-state index < -0.39 is 29.8 Å². The summed E-state index contributed by atoms with van der Waals surface area (Å²) in [6.07, 6.45) is 1.10. The van der Waals surface area contributed by atoms with Crippen LogP contribution < -0.4 is 10.2 Å². The highest BCUT2D eigenvalue weighted by Crippen LogP contribution is 2.30. The van der Waals surface area contributed by atoms with Crippen molar-refractivity contribution in [2.75, 3.05) is 37.7 Å². The van der Waals surface area contributed by atoms with Crippen LogP contribution in [0.2, 0.25) is 0 Å². The van der Waals surface area contributed by atoms with E-state index in [2.05, 4.69) is 21.2 Å².